The predicted molar refractivity (Wildman–Crippen MR) is 91.1 cm³/mol. The van der Waals surface area contributed by atoms with Crippen LogP contribution in [0.2, 0.25) is 0 Å². The number of carbonyl (C=O) groups is 1. The molecule has 3 rings (SSSR count). The molecule has 2 aromatic heterocycles. The maximum absolute atomic E-state index is 12.4. The molecule has 1 aliphatic heterocycles. The number of hydrogen-bond donors (Lipinski definition) is 0. The molecule has 1 aliphatic rings. The van der Waals surface area contributed by atoms with E-state index in [-0.39, 0.29) is 12.0 Å². The standard InChI is InChI=1S/C17H23N5O2/c1-20(2)17-15(5-4-8-18-17)24-14-7-10-22(12-14)16(23)11-13-6-9-21(3)19-13/h4-6,8-9,14H,7,10-12H2,1-3H3/t14-/m0/s1. The van der Waals surface area contributed by atoms with E-state index in [9.17, 15) is 4.79 Å². The second-order valence-corrected chi connectivity index (χ2v) is 6.25. The molecule has 0 unspecified atom stereocenters. The van der Waals surface area contributed by atoms with Gasteiger partial charge in [0.2, 0.25) is 5.91 Å². The maximum Gasteiger partial charge on any atom is 0.228 e. The van der Waals surface area contributed by atoms with Gasteiger partial charge in [-0.15, -0.1) is 0 Å². The topological polar surface area (TPSA) is 63.5 Å². The maximum atomic E-state index is 12.4. The van der Waals surface area contributed by atoms with Crippen LogP contribution in [-0.2, 0) is 18.3 Å². The van der Waals surface area contributed by atoms with E-state index in [1.807, 2.05) is 55.3 Å². The van der Waals surface area contributed by atoms with E-state index < -0.39 is 0 Å². The van der Waals surface area contributed by atoms with Gasteiger partial charge in [-0.3, -0.25) is 9.48 Å². The Kier molecular flexibility index (Phi) is 4.69. The average Bonchev–Trinajstić information content (AvgIpc) is 3.17. The molecule has 1 atom stereocenters. The van der Waals surface area contributed by atoms with E-state index in [2.05, 4.69) is 10.1 Å². The Hall–Kier alpha value is -2.57. The Morgan fingerprint density at radius 2 is 2.25 bits per heavy atom. The first-order valence-corrected chi connectivity index (χ1v) is 8.08. The molecule has 1 saturated heterocycles. The van der Waals surface area contributed by atoms with Crippen LogP contribution in [0.4, 0.5) is 5.82 Å². The van der Waals surface area contributed by atoms with Gasteiger partial charge < -0.3 is 14.5 Å². The van der Waals surface area contributed by atoms with Gasteiger partial charge in [-0.2, -0.15) is 5.10 Å². The molecule has 0 aromatic carbocycles. The molecular weight excluding hydrogens is 306 g/mol. The fourth-order valence-corrected chi connectivity index (χ4v) is 2.86. The summed E-state index contributed by atoms with van der Waals surface area (Å²) in [6.07, 6.45) is 4.77. The molecule has 1 fully saturated rings. The lowest BCUT2D eigenvalue weighted by Gasteiger charge is -2.20. The van der Waals surface area contributed by atoms with Crippen LogP contribution in [0.15, 0.2) is 30.6 Å². The smallest absolute Gasteiger partial charge is 0.228 e. The number of aryl methyl sites for hydroxylation is 1. The number of ether oxygens (including phenoxy) is 1. The van der Waals surface area contributed by atoms with Crippen molar-refractivity contribution < 1.29 is 9.53 Å². The molecule has 2 aromatic rings. The first-order valence-electron chi connectivity index (χ1n) is 8.08. The van der Waals surface area contributed by atoms with Crippen molar-refractivity contribution in [3.8, 4) is 5.75 Å². The van der Waals surface area contributed by atoms with Crippen molar-refractivity contribution in [2.45, 2.75) is 18.9 Å². The minimum absolute atomic E-state index is 0.000539. The molecule has 24 heavy (non-hydrogen) atoms. The zero-order valence-electron chi connectivity index (χ0n) is 14.3. The quantitative estimate of drug-likeness (QED) is 0.822. The van der Waals surface area contributed by atoms with Crippen LogP contribution in [-0.4, -0.2) is 58.9 Å². The average molecular weight is 329 g/mol. The molecule has 7 nitrogen and oxygen atoms in total. The lowest BCUT2D eigenvalue weighted by Crippen LogP contribution is -2.32. The summed E-state index contributed by atoms with van der Waals surface area (Å²) in [6, 6.07) is 5.66. The van der Waals surface area contributed by atoms with Crippen molar-refractivity contribution >= 4 is 11.7 Å². The van der Waals surface area contributed by atoms with Gasteiger partial charge in [-0.05, 0) is 18.2 Å². The van der Waals surface area contributed by atoms with Gasteiger partial charge in [0.1, 0.15) is 6.10 Å². The van der Waals surface area contributed by atoms with Crippen LogP contribution >= 0.6 is 0 Å². The molecule has 0 bridgehead atoms. The van der Waals surface area contributed by atoms with Crippen LogP contribution in [0.5, 0.6) is 5.75 Å². The Morgan fingerprint density at radius 1 is 1.42 bits per heavy atom. The second-order valence-electron chi connectivity index (χ2n) is 6.25. The van der Waals surface area contributed by atoms with Crippen molar-refractivity contribution in [1.29, 1.82) is 0 Å². The van der Waals surface area contributed by atoms with E-state index >= 15 is 0 Å². The molecule has 128 valence electrons. The summed E-state index contributed by atoms with van der Waals surface area (Å²) in [7, 11) is 5.73. The van der Waals surface area contributed by atoms with E-state index in [0.717, 1.165) is 23.7 Å². The van der Waals surface area contributed by atoms with Gasteiger partial charge in [-0.1, -0.05) is 0 Å². The van der Waals surface area contributed by atoms with Crippen molar-refractivity contribution in [1.82, 2.24) is 19.7 Å². The van der Waals surface area contributed by atoms with Gasteiger partial charge in [0.15, 0.2) is 11.6 Å². The van der Waals surface area contributed by atoms with Crippen molar-refractivity contribution in [3.05, 3.63) is 36.3 Å². The number of nitrogens with zero attached hydrogens (tertiary/aromatic N) is 5. The van der Waals surface area contributed by atoms with Crippen LogP contribution in [0, 0.1) is 0 Å². The van der Waals surface area contributed by atoms with Gasteiger partial charge in [0.25, 0.3) is 0 Å². The lowest BCUT2D eigenvalue weighted by molar-refractivity contribution is -0.129. The molecule has 0 saturated carbocycles. The number of anilines is 1. The number of rotatable bonds is 5. The van der Waals surface area contributed by atoms with Gasteiger partial charge >= 0.3 is 0 Å². The number of likely N-dealkylation sites (tertiary alicyclic amines) is 1. The van der Waals surface area contributed by atoms with E-state index in [0.29, 0.717) is 19.5 Å². The van der Waals surface area contributed by atoms with Gasteiger partial charge in [0.05, 0.1) is 18.7 Å². The number of aromatic nitrogens is 3. The third kappa shape index (κ3) is 3.67. The zero-order chi connectivity index (χ0) is 17.1. The molecule has 1 amide bonds. The monoisotopic (exact) mass is 329 g/mol. The zero-order valence-corrected chi connectivity index (χ0v) is 14.3. The van der Waals surface area contributed by atoms with Crippen LogP contribution in [0.25, 0.3) is 0 Å². The Bertz CT molecular complexity index is 713. The third-order valence-electron chi connectivity index (χ3n) is 4.07. The molecular formula is C17H23N5O2. The highest BCUT2D eigenvalue weighted by atomic mass is 16.5. The first-order chi connectivity index (χ1) is 11.5. The lowest BCUT2D eigenvalue weighted by atomic mass is 10.3. The summed E-state index contributed by atoms with van der Waals surface area (Å²) in [5.41, 5.74) is 0.800. The summed E-state index contributed by atoms with van der Waals surface area (Å²) in [5, 5.41) is 4.26. The summed E-state index contributed by atoms with van der Waals surface area (Å²) in [5.74, 6) is 1.65. The fraction of sp³-hybridized carbons (Fsp3) is 0.471. The minimum atomic E-state index is 0.000539. The SMILES string of the molecule is CN(C)c1ncccc1O[C@H]1CCN(C(=O)Cc2ccn(C)n2)C1. The highest BCUT2D eigenvalue weighted by molar-refractivity contribution is 5.78. The van der Waals surface area contributed by atoms with Crippen LogP contribution in [0.1, 0.15) is 12.1 Å². The van der Waals surface area contributed by atoms with Gasteiger partial charge in [0, 0.05) is 46.5 Å². The van der Waals surface area contributed by atoms with Gasteiger partial charge in [-0.25, -0.2) is 4.98 Å². The highest BCUT2D eigenvalue weighted by Gasteiger charge is 2.28. The summed E-state index contributed by atoms with van der Waals surface area (Å²) >= 11 is 0. The van der Waals surface area contributed by atoms with E-state index in [1.165, 1.54) is 0 Å². The van der Waals surface area contributed by atoms with E-state index in [4.69, 9.17) is 4.74 Å². The van der Waals surface area contributed by atoms with E-state index in [1.54, 1.807) is 10.9 Å². The molecule has 3 heterocycles. The molecule has 0 radical (unpaired) electrons. The summed E-state index contributed by atoms with van der Waals surface area (Å²) in [4.78, 5) is 20.5. The minimum Gasteiger partial charge on any atom is -0.485 e. The van der Waals surface area contributed by atoms with Crippen molar-refractivity contribution in [2.75, 3.05) is 32.1 Å². The summed E-state index contributed by atoms with van der Waals surface area (Å²) in [6.45, 7) is 1.32. The molecule has 7 heteroatoms. The largest absolute Gasteiger partial charge is 0.485 e. The molecule has 0 aliphatic carbocycles. The Balaban J connectivity index is 1.58. The fourth-order valence-electron chi connectivity index (χ4n) is 2.86. The normalized spacial score (nSPS) is 17.1. The third-order valence-corrected chi connectivity index (χ3v) is 4.07. The van der Waals surface area contributed by atoms with Crippen LogP contribution in [0.3, 0.4) is 0 Å². The molecule has 0 N–H and O–H groups in total. The number of amides is 1. The summed E-state index contributed by atoms with van der Waals surface area (Å²) < 4.78 is 7.80. The first kappa shape index (κ1) is 16.3. The molecule has 0 spiro atoms. The van der Waals surface area contributed by atoms with Crippen molar-refractivity contribution in [2.24, 2.45) is 7.05 Å². The Morgan fingerprint density at radius 3 is 2.96 bits per heavy atom. The predicted octanol–water partition coefficient (Wildman–Crippen LogP) is 1.10. The van der Waals surface area contributed by atoms with Crippen molar-refractivity contribution in [3.63, 3.8) is 0 Å². The highest BCUT2D eigenvalue weighted by Crippen LogP contribution is 2.26. The number of carbonyl (C=O) groups excluding carboxylic acids is 1. The number of hydrogen-bond acceptors (Lipinski definition) is 5. The number of pyridine rings is 1. The Labute approximate surface area is 141 Å². The van der Waals surface area contributed by atoms with Crippen LogP contribution < -0.4 is 9.64 Å². The second kappa shape index (κ2) is 6.90.